The third-order valence-corrected chi connectivity index (χ3v) is 3.57. The van der Waals surface area contributed by atoms with Crippen LogP contribution in [0.3, 0.4) is 0 Å². The topological polar surface area (TPSA) is 86.7 Å². The lowest BCUT2D eigenvalue weighted by Gasteiger charge is -2.15. The molecule has 7 heteroatoms. The van der Waals surface area contributed by atoms with Crippen molar-refractivity contribution >= 4 is 35.2 Å². The second kappa shape index (κ2) is 7.44. The van der Waals surface area contributed by atoms with Crippen LogP contribution in [0.4, 0.5) is 0 Å². The maximum absolute atomic E-state index is 12.1. The van der Waals surface area contributed by atoms with Gasteiger partial charge in [0.05, 0.1) is 4.88 Å². The summed E-state index contributed by atoms with van der Waals surface area (Å²) in [5.41, 5.74) is 0. The Morgan fingerprint density at radius 3 is 2.70 bits per heavy atom. The summed E-state index contributed by atoms with van der Waals surface area (Å²) in [7, 11) is 3.17. The van der Waals surface area contributed by atoms with Gasteiger partial charge in [-0.1, -0.05) is 0 Å². The molecule has 0 spiro atoms. The predicted molar refractivity (Wildman–Crippen MR) is 76.6 cm³/mol. The van der Waals surface area contributed by atoms with Crippen molar-refractivity contribution in [2.24, 2.45) is 0 Å². The Labute approximate surface area is 120 Å². The van der Waals surface area contributed by atoms with E-state index in [1.54, 1.807) is 26.2 Å². The Hall–Kier alpha value is -2.15. The van der Waals surface area contributed by atoms with Crippen molar-refractivity contribution < 1.29 is 19.5 Å². The summed E-state index contributed by atoms with van der Waals surface area (Å²) in [5.74, 6) is -1.34. The maximum Gasteiger partial charge on any atom is 0.328 e. The van der Waals surface area contributed by atoms with Crippen LogP contribution in [0, 0.1) is 0 Å². The van der Waals surface area contributed by atoms with E-state index in [1.165, 1.54) is 22.3 Å². The van der Waals surface area contributed by atoms with Crippen LogP contribution in [-0.2, 0) is 9.59 Å². The number of amides is 2. The van der Waals surface area contributed by atoms with Gasteiger partial charge in [0, 0.05) is 38.0 Å². The Kier molecular flexibility index (Phi) is 5.92. The van der Waals surface area contributed by atoms with E-state index in [2.05, 4.69) is 5.32 Å². The average molecular weight is 296 g/mol. The molecule has 0 unspecified atom stereocenters. The number of aliphatic carboxylic acids is 1. The van der Waals surface area contributed by atoms with E-state index in [4.69, 9.17) is 5.11 Å². The molecule has 108 valence electrons. The molecule has 1 aromatic heterocycles. The van der Waals surface area contributed by atoms with Crippen LogP contribution in [-0.4, -0.2) is 48.4 Å². The van der Waals surface area contributed by atoms with E-state index in [9.17, 15) is 14.4 Å². The summed E-state index contributed by atoms with van der Waals surface area (Å²) in [4.78, 5) is 36.2. The van der Waals surface area contributed by atoms with Crippen LogP contribution >= 0.6 is 11.3 Å². The van der Waals surface area contributed by atoms with Gasteiger partial charge < -0.3 is 15.3 Å². The Morgan fingerprint density at radius 2 is 2.10 bits per heavy atom. The van der Waals surface area contributed by atoms with Crippen LogP contribution in [0.1, 0.15) is 21.0 Å². The fourth-order valence-electron chi connectivity index (χ4n) is 1.39. The lowest BCUT2D eigenvalue weighted by Crippen LogP contribution is -2.30. The number of carbonyl (C=O) groups excluding carboxylic acids is 2. The van der Waals surface area contributed by atoms with E-state index in [0.29, 0.717) is 16.3 Å². The van der Waals surface area contributed by atoms with Crippen molar-refractivity contribution in [3.8, 4) is 0 Å². The van der Waals surface area contributed by atoms with Gasteiger partial charge in [-0.2, -0.15) is 0 Å². The van der Waals surface area contributed by atoms with Gasteiger partial charge in [-0.05, 0) is 18.2 Å². The molecule has 6 nitrogen and oxygen atoms in total. The van der Waals surface area contributed by atoms with Gasteiger partial charge in [0.15, 0.2) is 0 Å². The minimum Gasteiger partial charge on any atom is -0.478 e. The van der Waals surface area contributed by atoms with E-state index in [1.807, 2.05) is 0 Å². The quantitative estimate of drug-likeness (QED) is 0.768. The first-order chi connectivity index (χ1) is 9.43. The molecule has 2 amide bonds. The Bertz CT molecular complexity index is 536. The molecule has 0 radical (unpaired) electrons. The lowest BCUT2D eigenvalue weighted by molar-refractivity contribution is -0.131. The molecule has 0 atom stereocenters. The van der Waals surface area contributed by atoms with Crippen molar-refractivity contribution in [2.45, 2.75) is 6.42 Å². The van der Waals surface area contributed by atoms with Crippen LogP contribution in [0.25, 0.3) is 6.08 Å². The van der Waals surface area contributed by atoms with Crippen molar-refractivity contribution in [2.75, 3.05) is 20.6 Å². The second-order valence-electron chi connectivity index (χ2n) is 4.02. The van der Waals surface area contributed by atoms with Crippen molar-refractivity contribution in [3.05, 3.63) is 28.0 Å². The zero-order valence-corrected chi connectivity index (χ0v) is 12.1. The van der Waals surface area contributed by atoms with E-state index < -0.39 is 5.97 Å². The van der Waals surface area contributed by atoms with Gasteiger partial charge in [-0.3, -0.25) is 9.59 Å². The second-order valence-corrected chi connectivity index (χ2v) is 5.14. The predicted octanol–water partition coefficient (Wildman–Crippen LogP) is 1.05. The molecule has 0 aliphatic carbocycles. The van der Waals surface area contributed by atoms with Crippen molar-refractivity contribution in [1.29, 1.82) is 0 Å². The van der Waals surface area contributed by atoms with Crippen LogP contribution in [0.15, 0.2) is 18.2 Å². The molecule has 2 N–H and O–H groups in total. The first-order valence-corrected chi connectivity index (χ1v) is 6.72. The molecule has 0 saturated heterocycles. The molecular formula is C13H16N2O4S. The highest BCUT2D eigenvalue weighted by atomic mass is 32.1. The average Bonchev–Trinajstić information content (AvgIpc) is 2.89. The van der Waals surface area contributed by atoms with Gasteiger partial charge in [-0.25, -0.2) is 4.79 Å². The SMILES string of the molecule is CNC(=O)CCN(C)C(=O)c1ccc(/C=C/C(=O)O)s1. The van der Waals surface area contributed by atoms with Crippen LogP contribution in [0.5, 0.6) is 0 Å². The normalized spacial score (nSPS) is 10.5. The fourth-order valence-corrected chi connectivity index (χ4v) is 2.30. The van der Waals surface area contributed by atoms with Gasteiger partial charge in [0.2, 0.25) is 5.91 Å². The summed E-state index contributed by atoms with van der Waals surface area (Å²) < 4.78 is 0. The molecular weight excluding hydrogens is 280 g/mol. The maximum atomic E-state index is 12.1. The molecule has 0 saturated carbocycles. The third-order valence-electron chi connectivity index (χ3n) is 2.53. The zero-order valence-electron chi connectivity index (χ0n) is 11.3. The first kappa shape index (κ1) is 15.9. The molecule has 0 aliphatic rings. The van der Waals surface area contributed by atoms with Gasteiger partial charge >= 0.3 is 5.97 Å². The highest BCUT2D eigenvalue weighted by molar-refractivity contribution is 7.14. The van der Waals surface area contributed by atoms with Gasteiger partial charge in [0.1, 0.15) is 0 Å². The highest BCUT2D eigenvalue weighted by Crippen LogP contribution is 2.19. The van der Waals surface area contributed by atoms with E-state index >= 15 is 0 Å². The number of hydrogen-bond acceptors (Lipinski definition) is 4. The zero-order chi connectivity index (χ0) is 15.1. The number of carboxylic acid groups (broad SMARTS) is 1. The minimum absolute atomic E-state index is 0.124. The largest absolute Gasteiger partial charge is 0.478 e. The third kappa shape index (κ3) is 4.85. The summed E-state index contributed by atoms with van der Waals surface area (Å²) in [5, 5.41) is 11.0. The number of carbonyl (C=O) groups is 3. The molecule has 1 aromatic rings. The summed E-state index contributed by atoms with van der Waals surface area (Å²) >= 11 is 1.21. The Morgan fingerprint density at radius 1 is 1.40 bits per heavy atom. The van der Waals surface area contributed by atoms with E-state index in [-0.39, 0.29) is 18.2 Å². The van der Waals surface area contributed by atoms with Crippen molar-refractivity contribution in [1.82, 2.24) is 10.2 Å². The molecule has 0 fully saturated rings. The fraction of sp³-hybridized carbons (Fsp3) is 0.308. The smallest absolute Gasteiger partial charge is 0.328 e. The van der Waals surface area contributed by atoms with Gasteiger partial charge in [0.25, 0.3) is 5.91 Å². The van der Waals surface area contributed by atoms with Crippen LogP contribution < -0.4 is 5.32 Å². The molecule has 0 aromatic carbocycles. The van der Waals surface area contributed by atoms with Crippen LogP contribution in [0.2, 0.25) is 0 Å². The lowest BCUT2D eigenvalue weighted by atomic mass is 10.3. The number of hydrogen-bond donors (Lipinski definition) is 2. The molecule has 0 aliphatic heterocycles. The first-order valence-electron chi connectivity index (χ1n) is 5.91. The van der Waals surface area contributed by atoms with Crippen molar-refractivity contribution in [3.63, 3.8) is 0 Å². The van der Waals surface area contributed by atoms with Gasteiger partial charge in [-0.15, -0.1) is 11.3 Å². The highest BCUT2D eigenvalue weighted by Gasteiger charge is 2.14. The van der Waals surface area contributed by atoms with E-state index in [0.717, 1.165) is 6.08 Å². The standard InChI is InChI=1S/C13H16N2O4S/c1-14-11(16)7-8-15(2)13(19)10-5-3-9(20-10)4-6-12(17)18/h3-6H,7-8H2,1-2H3,(H,14,16)(H,17,18)/b6-4+. The molecule has 20 heavy (non-hydrogen) atoms. The number of thiophene rings is 1. The minimum atomic E-state index is -1.03. The summed E-state index contributed by atoms with van der Waals surface area (Å²) in [6, 6.07) is 3.33. The summed E-state index contributed by atoms with van der Waals surface area (Å²) in [6.45, 7) is 0.330. The number of nitrogens with one attached hydrogen (secondary N) is 1. The molecule has 1 heterocycles. The molecule has 1 rings (SSSR count). The summed E-state index contributed by atoms with van der Waals surface area (Å²) in [6.07, 6.45) is 2.71. The number of carboxylic acids is 1. The number of nitrogens with zero attached hydrogens (tertiary/aromatic N) is 1. The monoisotopic (exact) mass is 296 g/mol. The number of rotatable bonds is 6. The Balaban J connectivity index is 2.63. The molecule has 0 bridgehead atoms.